The Hall–Kier alpha value is -1.66. The van der Waals surface area contributed by atoms with E-state index in [-0.39, 0.29) is 3.71 Å². The maximum Gasteiger partial charge on any atom is 0.247 e. The van der Waals surface area contributed by atoms with E-state index >= 15 is 0 Å². The van der Waals surface area contributed by atoms with Gasteiger partial charge < -0.3 is 0 Å². The number of sulfonamides is 2. The molecule has 0 saturated carbocycles. The summed E-state index contributed by atoms with van der Waals surface area (Å²) in [6.45, 7) is 1.26. The van der Waals surface area contributed by atoms with Crippen LogP contribution in [0.1, 0.15) is 12.5 Å². The predicted molar refractivity (Wildman–Crippen MR) is 66.7 cm³/mol. The average Bonchev–Trinajstić information content (AvgIpc) is 2.29. The first kappa shape index (κ1) is 15.4. The molecule has 1 aromatic rings. The van der Waals surface area contributed by atoms with Crippen LogP contribution in [-0.4, -0.2) is 28.8 Å². The van der Waals surface area contributed by atoms with Gasteiger partial charge in [-0.25, -0.2) is 21.2 Å². The fraction of sp³-hybridized carbons (Fsp3) is 0.300. The molecule has 0 bridgehead atoms. The van der Waals surface area contributed by atoms with Crippen molar-refractivity contribution in [3.8, 4) is 6.07 Å². The maximum absolute atomic E-state index is 12.9. The van der Waals surface area contributed by atoms with Crippen molar-refractivity contribution < 1.29 is 21.2 Å². The monoisotopic (exact) mass is 305 g/mol. The van der Waals surface area contributed by atoms with Gasteiger partial charge in [0.1, 0.15) is 11.9 Å². The molecule has 0 N–H and O–H groups in total. The van der Waals surface area contributed by atoms with Crippen LogP contribution in [0.4, 0.5) is 10.1 Å². The predicted octanol–water partition coefficient (Wildman–Crippen LogP) is 0.613. The Balaban J connectivity index is 3.68. The number of rotatable bonds is 4. The molecule has 0 atom stereocenters. The smallest absolute Gasteiger partial charge is 0.206 e. The van der Waals surface area contributed by atoms with E-state index in [2.05, 4.69) is 0 Å². The highest BCUT2D eigenvalue weighted by molar-refractivity contribution is 8.09. The van der Waals surface area contributed by atoms with Crippen LogP contribution in [0.15, 0.2) is 12.1 Å². The van der Waals surface area contributed by atoms with Crippen LogP contribution in [0.2, 0.25) is 0 Å². The van der Waals surface area contributed by atoms with Crippen molar-refractivity contribution in [3.63, 3.8) is 0 Å². The quantitative estimate of drug-likeness (QED) is 0.812. The molecule has 0 unspecified atom stereocenters. The lowest BCUT2D eigenvalue weighted by atomic mass is 10.2. The van der Waals surface area contributed by atoms with E-state index in [1.54, 1.807) is 6.07 Å². The summed E-state index contributed by atoms with van der Waals surface area (Å²) in [6.07, 6.45) is 0.685. The molecule has 0 aromatic heterocycles. The molecule has 9 heteroatoms. The number of nitrogens with zero attached hydrogens (tertiary/aromatic N) is 2. The highest BCUT2D eigenvalue weighted by Crippen LogP contribution is 2.26. The summed E-state index contributed by atoms with van der Waals surface area (Å²) in [5.74, 6) is -1.37. The molecule has 0 heterocycles. The summed E-state index contributed by atoms with van der Waals surface area (Å²) in [6, 6.07) is 5.13. The number of hydrogen-bond donors (Lipinski definition) is 0. The van der Waals surface area contributed by atoms with Gasteiger partial charge in [-0.2, -0.15) is 8.97 Å². The summed E-state index contributed by atoms with van der Waals surface area (Å²) in [5.41, 5.74) is -0.841. The third-order valence-corrected chi connectivity index (χ3v) is 5.85. The summed E-state index contributed by atoms with van der Waals surface area (Å²) >= 11 is 0. The Labute approximate surface area is 111 Å². The molecule has 0 aliphatic rings. The first-order chi connectivity index (χ1) is 8.63. The Morgan fingerprint density at radius 1 is 1.42 bits per heavy atom. The van der Waals surface area contributed by atoms with E-state index in [1.165, 1.54) is 6.92 Å². The van der Waals surface area contributed by atoms with E-state index in [0.29, 0.717) is 6.26 Å². The Morgan fingerprint density at radius 2 is 2.00 bits per heavy atom. The van der Waals surface area contributed by atoms with Gasteiger partial charge in [0, 0.05) is 6.07 Å². The second-order valence-electron chi connectivity index (χ2n) is 3.55. The standard InChI is InChI=1S/C10H10FN2O4S2/c1-3-19(16,17)13(18(2,14)15)10-5-4-9(11)6-8(10)7-12/h5-6H,3H2,1-2H3. The Bertz CT molecular complexity index is 735. The lowest BCUT2D eigenvalue weighted by Crippen LogP contribution is -2.37. The molecule has 1 radical (unpaired) electrons. The van der Waals surface area contributed by atoms with E-state index in [1.807, 2.05) is 6.07 Å². The molecule has 1 rings (SSSR count). The zero-order valence-electron chi connectivity index (χ0n) is 10.1. The molecular weight excluding hydrogens is 295 g/mol. The van der Waals surface area contributed by atoms with Crippen molar-refractivity contribution in [1.82, 2.24) is 0 Å². The minimum absolute atomic E-state index is 0.120. The molecule has 19 heavy (non-hydrogen) atoms. The maximum atomic E-state index is 12.9. The van der Waals surface area contributed by atoms with E-state index < -0.39 is 42.9 Å². The van der Waals surface area contributed by atoms with Gasteiger partial charge in [0.2, 0.25) is 20.0 Å². The second kappa shape index (κ2) is 5.14. The van der Waals surface area contributed by atoms with Crippen LogP contribution in [0, 0.1) is 23.2 Å². The van der Waals surface area contributed by atoms with Crippen molar-refractivity contribution in [2.24, 2.45) is 0 Å². The molecule has 0 spiro atoms. The van der Waals surface area contributed by atoms with Crippen LogP contribution in [0.5, 0.6) is 0 Å². The van der Waals surface area contributed by atoms with E-state index in [9.17, 15) is 21.2 Å². The van der Waals surface area contributed by atoms with Gasteiger partial charge in [-0.3, -0.25) is 0 Å². The zero-order chi connectivity index (χ0) is 14.8. The van der Waals surface area contributed by atoms with Gasteiger partial charge in [0.05, 0.1) is 23.3 Å². The first-order valence-corrected chi connectivity index (χ1v) is 8.43. The van der Waals surface area contributed by atoms with Crippen LogP contribution in [0.3, 0.4) is 0 Å². The van der Waals surface area contributed by atoms with Crippen LogP contribution in [-0.2, 0) is 20.0 Å². The molecule has 103 valence electrons. The summed E-state index contributed by atoms with van der Waals surface area (Å²) in [5, 5.41) is 8.85. The molecule has 0 saturated heterocycles. The third-order valence-electron chi connectivity index (χ3n) is 2.13. The van der Waals surface area contributed by atoms with Gasteiger partial charge in [-0.1, -0.05) is 0 Å². The molecule has 0 aliphatic carbocycles. The van der Waals surface area contributed by atoms with Gasteiger partial charge in [-0.15, -0.1) is 0 Å². The number of halogens is 1. The van der Waals surface area contributed by atoms with Crippen molar-refractivity contribution >= 4 is 25.7 Å². The van der Waals surface area contributed by atoms with Crippen LogP contribution in [0.25, 0.3) is 0 Å². The summed E-state index contributed by atoms with van der Waals surface area (Å²) in [7, 11) is -8.35. The fourth-order valence-corrected chi connectivity index (χ4v) is 4.51. The second-order valence-corrected chi connectivity index (χ2v) is 7.72. The van der Waals surface area contributed by atoms with Crippen molar-refractivity contribution in [2.45, 2.75) is 6.92 Å². The van der Waals surface area contributed by atoms with Crippen LogP contribution < -0.4 is 3.71 Å². The topological polar surface area (TPSA) is 95.3 Å². The molecule has 0 aliphatic heterocycles. The van der Waals surface area contributed by atoms with Gasteiger partial charge >= 0.3 is 0 Å². The normalized spacial score (nSPS) is 11.9. The summed E-state index contributed by atoms with van der Waals surface area (Å²) in [4.78, 5) is 0. The van der Waals surface area contributed by atoms with E-state index in [0.717, 1.165) is 12.1 Å². The van der Waals surface area contributed by atoms with Crippen molar-refractivity contribution in [2.75, 3.05) is 15.7 Å². The Kier molecular flexibility index (Phi) is 4.17. The van der Waals surface area contributed by atoms with Crippen LogP contribution >= 0.6 is 0 Å². The molecule has 1 aromatic carbocycles. The average molecular weight is 305 g/mol. The zero-order valence-corrected chi connectivity index (χ0v) is 11.7. The van der Waals surface area contributed by atoms with Gasteiger partial charge in [-0.05, 0) is 19.1 Å². The summed E-state index contributed by atoms with van der Waals surface area (Å²) < 4.78 is 60.0. The first-order valence-electron chi connectivity index (χ1n) is 4.98. The largest absolute Gasteiger partial charge is 0.247 e. The third kappa shape index (κ3) is 3.21. The highest BCUT2D eigenvalue weighted by Gasteiger charge is 2.31. The SMILES string of the molecule is CCS(=O)(=O)N(c1c[c]c(F)cc1C#N)S(C)(=O)=O. The van der Waals surface area contributed by atoms with Crippen molar-refractivity contribution in [3.05, 3.63) is 29.6 Å². The highest BCUT2D eigenvalue weighted by atomic mass is 32.3. The van der Waals surface area contributed by atoms with Gasteiger partial charge in [0.25, 0.3) is 0 Å². The van der Waals surface area contributed by atoms with Gasteiger partial charge in [0.15, 0.2) is 0 Å². The van der Waals surface area contributed by atoms with Crippen molar-refractivity contribution in [1.29, 1.82) is 5.26 Å². The number of hydrogen-bond acceptors (Lipinski definition) is 5. The van der Waals surface area contributed by atoms with E-state index in [4.69, 9.17) is 5.26 Å². The molecular formula is C10H10FN2O4S2. The Morgan fingerprint density at radius 3 is 2.42 bits per heavy atom. The molecule has 0 fully saturated rings. The minimum atomic E-state index is -4.18. The molecule has 0 amide bonds. The lowest BCUT2D eigenvalue weighted by Gasteiger charge is -2.21. The lowest BCUT2D eigenvalue weighted by molar-refractivity contribution is 0.587. The number of nitriles is 1. The number of benzene rings is 1. The number of anilines is 1. The minimum Gasteiger partial charge on any atom is -0.206 e. The fourth-order valence-electron chi connectivity index (χ4n) is 1.35. The molecule has 6 nitrogen and oxygen atoms in total.